The minimum absolute atomic E-state index is 0.0452. The van der Waals surface area contributed by atoms with Crippen LogP contribution in [0.3, 0.4) is 0 Å². The number of benzene rings is 2. The molecule has 1 aliphatic rings. The maximum atomic E-state index is 12.9. The first-order valence-electron chi connectivity index (χ1n) is 8.01. The van der Waals surface area contributed by atoms with E-state index in [0.29, 0.717) is 17.7 Å². The lowest BCUT2D eigenvalue weighted by atomic mass is 9.97. The number of ether oxygens (including phenoxy) is 2. The lowest BCUT2D eigenvalue weighted by molar-refractivity contribution is 0.0602. The Morgan fingerprint density at radius 1 is 1.11 bits per heavy atom. The zero-order valence-electron chi connectivity index (χ0n) is 14.8. The molecule has 0 aromatic heterocycles. The van der Waals surface area contributed by atoms with Crippen molar-refractivity contribution in [2.24, 2.45) is 5.14 Å². The lowest BCUT2D eigenvalue weighted by Crippen LogP contribution is -2.42. The van der Waals surface area contributed by atoms with Gasteiger partial charge in [0.25, 0.3) is 11.8 Å². The Kier molecular flexibility index (Phi) is 4.90. The molecule has 1 aliphatic heterocycles. The van der Waals surface area contributed by atoms with Crippen LogP contribution in [0.2, 0.25) is 0 Å². The number of methoxy groups -OCH3 is 2. The highest BCUT2D eigenvalue weighted by atomic mass is 32.2. The number of amides is 2. The Hall–Kier alpha value is -2.91. The average molecular weight is 390 g/mol. The number of fused-ring (bicyclic) bond motifs is 1. The fraction of sp³-hybridized carbons (Fsp3) is 0.222. The first-order chi connectivity index (χ1) is 12.8. The molecule has 0 saturated heterocycles. The van der Waals surface area contributed by atoms with Gasteiger partial charge in [-0.1, -0.05) is 12.1 Å². The SMILES string of the molecule is COc1ccccc1C(=O)N1CCc2cc(S(N)(=O)=O)c(OC)cc2C1=O. The van der Waals surface area contributed by atoms with Crippen LogP contribution in [0.5, 0.6) is 11.5 Å². The number of imide groups is 1. The standard InChI is InChI=1S/C18H18N2O6S/c1-25-14-6-4-3-5-12(14)17(21)20-8-7-11-9-16(27(19,23)24)15(26-2)10-13(11)18(20)22/h3-6,9-10H,7-8H2,1-2H3,(H2,19,23,24). The van der Waals surface area contributed by atoms with Gasteiger partial charge in [0.15, 0.2) is 0 Å². The molecule has 142 valence electrons. The summed E-state index contributed by atoms with van der Waals surface area (Å²) in [5, 5.41) is 5.21. The second-order valence-corrected chi connectivity index (χ2v) is 7.45. The number of rotatable bonds is 4. The highest BCUT2D eigenvalue weighted by Crippen LogP contribution is 2.31. The van der Waals surface area contributed by atoms with E-state index in [1.165, 1.54) is 26.4 Å². The third kappa shape index (κ3) is 3.38. The van der Waals surface area contributed by atoms with Crippen molar-refractivity contribution < 1.29 is 27.5 Å². The molecule has 0 saturated carbocycles. The zero-order valence-corrected chi connectivity index (χ0v) is 15.6. The molecule has 0 fully saturated rings. The van der Waals surface area contributed by atoms with Crippen molar-refractivity contribution in [1.82, 2.24) is 4.90 Å². The van der Waals surface area contributed by atoms with E-state index in [9.17, 15) is 18.0 Å². The number of para-hydroxylation sites is 1. The molecule has 8 nitrogen and oxygen atoms in total. The van der Waals surface area contributed by atoms with Gasteiger partial charge in [-0.25, -0.2) is 13.6 Å². The van der Waals surface area contributed by atoms with Gasteiger partial charge in [0.2, 0.25) is 10.0 Å². The molecule has 0 atom stereocenters. The molecule has 27 heavy (non-hydrogen) atoms. The van der Waals surface area contributed by atoms with Gasteiger partial charge >= 0.3 is 0 Å². The lowest BCUT2D eigenvalue weighted by Gasteiger charge is -2.28. The van der Waals surface area contributed by atoms with Gasteiger partial charge in [-0.3, -0.25) is 14.5 Å². The Morgan fingerprint density at radius 2 is 1.78 bits per heavy atom. The van der Waals surface area contributed by atoms with Crippen LogP contribution in [0.15, 0.2) is 41.3 Å². The smallest absolute Gasteiger partial charge is 0.264 e. The summed E-state index contributed by atoms with van der Waals surface area (Å²) in [5.74, 6) is -0.705. The Morgan fingerprint density at radius 3 is 2.41 bits per heavy atom. The van der Waals surface area contributed by atoms with E-state index >= 15 is 0 Å². The van der Waals surface area contributed by atoms with Crippen LogP contribution in [0, 0.1) is 0 Å². The van der Waals surface area contributed by atoms with Crippen LogP contribution in [-0.4, -0.2) is 45.9 Å². The number of hydrogen-bond donors (Lipinski definition) is 1. The third-order valence-electron chi connectivity index (χ3n) is 4.36. The summed E-state index contributed by atoms with van der Waals surface area (Å²) in [5.41, 5.74) is 0.965. The predicted molar refractivity (Wildman–Crippen MR) is 96.4 cm³/mol. The van der Waals surface area contributed by atoms with Crippen molar-refractivity contribution in [2.45, 2.75) is 11.3 Å². The fourth-order valence-corrected chi connectivity index (χ4v) is 3.76. The second kappa shape index (κ2) is 7.01. The summed E-state index contributed by atoms with van der Waals surface area (Å²) in [6, 6.07) is 9.25. The summed E-state index contributed by atoms with van der Waals surface area (Å²) >= 11 is 0. The van der Waals surface area contributed by atoms with Gasteiger partial charge < -0.3 is 9.47 Å². The van der Waals surface area contributed by atoms with Gasteiger partial charge in [0.1, 0.15) is 16.4 Å². The van der Waals surface area contributed by atoms with Crippen molar-refractivity contribution in [3.05, 3.63) is 53.1 Å². The first-order valence-corrected chi connectivity index (χ1v) is 9.55. The Labute approximate surface area is 156 Å². The maximum absolute atomic E-state index is 12.9. The van der Waals surface area contributed by atoms with E-state index in [1.54, 1.807) is 24.3 Å². The van der Waals surface area contributed by atoms with Crippen molar-refractivity contribution in [3.63, 3.8) is 0 Å². The molecule has 0 aliphatic carbocycles. The van der Waals surface area contributed by atoms with E-state index in [0.717, 1.165) is 4.90 Å². The van der Waals surface area contributed by atoms with Crippen LogP contribution < -0.4 is 14.6 Å². The van der Waals surface area contributed by atoms with Crippen LogP contribution in [0.1, 0.15) is 26.3 Å². The summed E-state index contributed by atoms with van der Waals surface area (Å²) in [6.45, 7) is 0.110. The van der Waals surface area contributed by atoms with Crippen LogP contribution in [0.25, 0.3) is 0 Å². The van der Waals surface area contributed by atoms with E-state index in [4.69, 9.17) is 14.6 Å². The van der Waals surface area contributed by atoms with Gasteiger partial charge in [-0.05, 0) is 36.2 Å². The first kappa shape index (κ1) is 18.9. The molecule has 9 heteroatoms. The molecular weight excluding hydrogens is 372 g/mol. The van der Waals surface area contributed by atoms with Crippen molar-refractivity contribution in [2.75, 3.05) is 20.8 Å². The highest BCUT2D eigenvalue weighted by molar-refractivity contribution is 7.89. The molecule has 0 spiro atoms. The number of carbonyl (C=O) groups excluding carboxylic acids is 2. The topological polar surface area (TPSA) is 116 Å². The van der Waals surface area contributed by atoms with Crippen molar-refractivity contribution in [3.8, 4) is 11.5 Å². The molecule has 1 heterocycles. The molecule has 0 bridgehead atoms. The monoisotopic (exact) mass is 390 g/mol. The number of nitrogens with two attached hydrogens (primary N) is 1. The van der Waals surface area contributed by atoms with Gasteiger partial charge in [-0.15, -0.1) is 0 Å². The quantitative estimate of drug-likeness (QED) is 0.784. The second-order valence-electron chi connectivity index (χ2n) is 5.92. The molecule has 2 aromatic carbocycles. The molecule has 0 radical (unpaired) electrons. The Bertz CT molecular complexity index is 1030. The van der Waals surface area contributed by atoms with Gasteiger partial charge in [-0.2, -0.15) is 0 Å². The minimum Gasteiger partial charge on any atom is -0.496 e. The molecule has 0 unspecified atom stereocenters. The number of carbonyl (C=O) groups is 2. The number of primary sulfonamides is 1. The van der Waals surface area contributed by atoms with Crippen LogP contribution in [-0.2, 0) is 16.4 Å². The number of nitrogens with zero attached hydrogens (tertiary/aromatic N) is 1. The van der Waals surface area contributed by atoms with Crippen molar-refractivity contribution >= 4 is 21.8 Å². The van der Waals surface area contributed by atoms with E-state index in [1.807, 2.05) is 0 Å². The molecule has 2 aromatic rings. The summed E-state index contributed by atoms with van der Waals surface area (Å²) in [6.07, 6.45) is 0.300. The van der Waals surface area contributed by atoms with Crippen LogP contribution >= 0.6 is 0 Å². The van der Waals surface area contributed by atoms with Crippen LogP contribution in [0.4, 0.5) is 0 Å². The number of sulfonamides is 1. The molecular formula is C18H18N2O6S. The van der Waals surface area contributed by atoms with Crippen molar-refractivity contribution in [1.29, 1.82) is 0 Å². The fourth-order valence-electron chi connectivity index (χ4n) is 3.03. The largest absolute Gasteiger partial charge is 0.496 e. The molecule has 2 N–H and O–H groups in total. The predicted octanol–water partition coefficient (Wildman–Crippen LogP) is 1.19. The molecule has 3 rings (SSSR count). The zero-order chi connectivity index (χ0) is 19.8. The van der Waals surface area contributed by atoms with E-state index in [-0.39, 0.29) is 28.3 Å². The van der Waals surface area contributed by atoms with E-state index < -0.39 is 21.8 Å². The Balaban J connectivity index is 2.03. The summed E-state index contributed by atoms with van der Waals surface area (Å²) in [4.78, 5) is 26.7. The summed E-state index contributed by atoms with van der Waals surface area (Å²) in [7, 11) is -1.29. The number of hydrogen-bond acceptors (Lipinski definition) is 6. The summed E-state index contributed by atoms with van der Waals surface area (Å²) < 4.78 is 33.7. The van der Waals surface area contributed by atoms with Gasteiger partial charge in [0, 0.05) is 12.1 Å². The van der Waals surface area contributed by atoms with E-state index in [2.05, 4.69) is 0 Å². The highest BCUT2D eigenvalue weighted by Gasteiger charge is 2.33. The average Bonchev–Trinajstić information content (AvgIpc) is 2.66. The molecule has 2 amide bonds. The minimum atomic E-state index is -4.01. The normalized spacial score (nSPS) is 13.9. The van der Waals surface area contributed by atoms with Gasteiger partial charge in [0.05, 0.1) is 19.8 Å². The third-order valence-corrected chi connectivity index (χ3v) is 5.29. The maximum Gasteiger partial charge on any atom is 0.264 e.